The highest BCUT2D eigenvalue weighted by Crippen LogP contribution is 2.08. The SMILES string of the molecule is c1ccc(CCCNCc2ccc(-n3cccn3)cc2)cc1. The summed E-state index contributed by atoms with van der Waals surface area (Å²) in [6.45, 7) is 1.95. The summed E-state index contributed by atoms with van der Waals surface area (Å²) in [5.74, 6) is 0. The first kappa shape index (κ1) is 14.5. The minimum atomic E-state index is 0.911. The van der Waals surface area contributed by atoms with E-state index in [2.05, 4.69) is 65.0 Å². The summed E-state index contributed by atoms with van der Waals surface area (Å²) in [4.78, 5) is 0. The van der Waals surface area contributed by atoms with E-state index in [1.54, 1.807) is 6.20 Å². The topological polar surface area (TPSA) is 29.9 Å². The number of benzene rings is 2. The van der Waals surface area contributed by atoms with Gasteiger partial charge in [-0.05, 0) is 48.7 Å². The van der Waals surface area contributed by atoms with E-state index in [0.717, 1.165) is 31.6 Å². The molecule has 0 atom stereocenters. The Morgan fingerprint density at radius 3 is 2.41 bits per heavy atom. The van der Waals surface area contributed by atoms with Crippen LogP contribution < -0.4 is 5.32 Å². The summed E-state index contributed by atoms with van der Waals surface area (Å²) in [7, 11) is 0. The van der Waals surface area contributed by atoms with Gasteiger partial charge in [0, 0.05) is 18.9 Å². The maximum atomic E-state index is 4.23. The van der Waals surface area contributed by atoms with E-state index in [1.165, 1.54) is 11.1 Å². The third-order valence-electron chi connectivity index (χ3n) is 3.70. The van der Waals surface area contributed by atoms with Crippen LogP contribution in [0.5, 0.6) is 0 Å². The highest BCUT2D eigenvalue weighted by Gasteiger charge is 1.97. The molecule has 0 aliphatic heterocycles. The molecule has 1 aromatic heterocycles. The van der Waals surface area contributed by atoms with Gasteiger partial charge >= 0.3 is 0 Å². The van der Waals surface area contributed by atoms with Gasteiger partial charge in [0.15, 0.2) is 0 Å². The van der Waals surface area contributed by atoms with Crippen LogP contribution in [0.1, 0.15) is 17.5 Å². The summed E-state index contributed by atoms with van der Waals surface area (Å²) in [5.41, 5.74) is 3.81. The van der Waals surface area contributed by atoms with Gasteiger partial charge < -0.3 is 5.32 Å². The van der Waals surface area contributed by atoms with Crippen molar-refractivity contribution in [2.75, 3.05) is 6.54 Å². The zero-order valence-electron chi connectivity index (χ0n) is 12.7. The molecule has 0 spiro atoms. The molecule has 3 aromatic rings. The summed E-state index contributed by atoms with van der Waals surface area (Å²) < 4.78 is 1.87. The van der Waals surface area contributed by atoms with Gasteiger partial charge in [-0.2, -0.15) is 5.10 Å². The summed E-state index contributed by atoms with van der Waals surface area (Å²) in [5, 5.41) is 7.74. The Kier molecular flexibility index (Phi) is 5.00. The molecule has 1 heterocycles. The second-order valence-corrected chi connectivity index (χ2v) is 5.38. The Morgan fingerprint density at radius 1 is 0.864 bits per heavy atom. The largest absolute Gasteiger partial charge is 0.313 e. The lowest BCUT2D eigenvalue weighted by Gasteiger charge is -2.07. The molecule has 0 fully saturated rings. The van der Waals surface area contributed by atoms with Crippen molar-refractivity contribution in [3.8, 4) is 5.69 Å². The summed E-state index contributed by atoms with van der Waals surface area (Å²) in [6, 6.07) is 21.1. The molecule has 0 amide bonds. The van der Waals surface area contributed by atoms with E-state index in [1.807, 2.05) is 16.9 Å². The van der Waals surface area contributed by atoms with E-state index in [0.29, 0.717) is 0 Å². The average molecular weight is 291 g/mol. The Hall–Kier alpha value is -2.39. The van der Waals surface area contributed by atoms with E-state index in [9.17, 15) is 0 Å². The van der Waals surface area contributed by atoms with Crippen LogP contribution in [0, 0.1) is 0 Å². The maximum Gasteiger partial charge on any atom is 0.0645 e. The van der Waals surface area contributed by atoms with Crippen molar-refractivity contribution in [3.63, 3.8) is 0 Å². The van der Waals surface area contributed by atoms with Gasteiger partial charge in [0.05, 0.1) is 5.69 Å². The molecule has 0 aliphatic carbocycles. The molecule has 3 heteroatoms. The zero-order valence-corrected chi connectivity index (χ0v) is 12.7. The molecular weight excluding hydrogens is 270 g/mol. The van der Waals surface area contributed by atoms with Crippen LogP contribution in [0.25, 0.3) is 5.69 Å². The van der Waals surface area contributed by atoms with Gasteiger partial charge in [-0.15, -0.1) is 0 Å². The first-order valence-corrected chi connectivity index (χ1v) is 7.75. The minimum Gasteiger partial charge on any atom is -0.313 e. The van der Waals surface area contributed by atoms with Crippen molar-refractivity contribution < 1.29 is 0 Å². The first-order valence-electron chi connectivity index (χ1n) is 7.75. The van der Waals surface area contributed by atoms with Crippen molar-refractivity contribution in [3.05, 3.63) is 84.2 Å². The smallest absolute Gasteiger partial charge is 0.0645 e. The van der Waals surface area contributed by atoms with Crippen LogP contribution in [-0.4, -0.2) is 16.3 Å². The Labute approximate surface area is 131 Å². The number of nitrogens with zero attached hydrogens (tertiary/aromatic N) is 2. The minimum absolute atomic E-state index is 0.911. The third kappa shape index (κ3) is 4.06. The van der Waals surface area contributed by atoms with Crippen molar-refractivity contribution in [1.82, 2.24) is 15.1 Å². The fraction of sp³-hybridized carbons (Fsp3) is 0.211. The monoisotopic (exact) mass is 291 g/mol. The number of hydrogen-bond acceptors (Lipinski definition) is 2. The van der Waals surface area contributed by atoms with Crippen molar-refractivity contribution in [2.45, 2.75) is 19.4 Å². The lowest BCUT2D eigenvalue weighted by Crippen LogP contribution is -2.15. The molecule has 2 aromatic carbocycles. The zero-order chi connectivity index (χ0) is 15.0. The Balaban J connectivity index is 1.40. The molecule has 112 valence electrons. The molecule has 0 saturated heterocycles. The molecule has 0 bridgehead atoms. The molecule has 3 rings (SSSR count). The predicted octanol–water partition coefficient (Wildman–Crippen LogP) is 3.59. The van der Waals surface area contributed by atoms with Crippen LogP contribution in [0.3, 0.4) is 0 Å². The number of aromatic nitrogens is 2. The van der Waals surface area contributed by atoms with E-state index < -0.39 is 0 Å². The van der Waals surface area contributed by atoms with Crippen molar-refractivity contribution in [2.24, 2.45) is 0 Å². The highest BCUT2D eigenvalue weighted by molar-refractivity contribution is 5.33. The molecule has 1 N–H and O–H groups in total. The average Bonchev–Trinajstić information content (AvgIpc) is 3.11. The second-order valence-electron chi connectivity index (χ2n) is 5.38. The molecule has 22 heavy (non-hydrogen) atoms. The first-order chi connectivity index (χ1) is 10.9. The van der Waals surface area contributed by atoms with Crippen LogP contribution in [0.4, 0.5) is 0 Å². The number of rotatable bonds is 7. The maximum absolute atomic E-state index is 4.23. The number of hydrogen-bond donors (Lipinski definition) is 1. The molecule has 3 nitrogen and oxygen atoms in total. The van der Waals surface area contributed by atoms with Gasteiger partial charge in [0.2, 0.25) is 0 Å². The molecule has 0 unspecified atom stereocenters. The fourth-order valence-electron chi connectivity index (χ4n) is 2.48. The van der Waals surface area contributed by atoms with Crippen molar-refractivity contribution >= 4 is 0 Å². The third-order valence-corrected chi connectivity index (χ3v) is 3.70. The van der Waals surface area contributed by atoms with Gasteiger partial charge in [0.1, 0.15) is 0 Å². The summed E-state index contributed by atoms with van der Waals surface area (Å²) in [6.07, 6.45) is 6.04. The van der Waals surface area contributed by atoms with E-state index in [-0.39, 0.29) is 0 Å². The molecule has 0 aliphatic rings. The van der Waals surface area contributed by atoms with Gasteiger partial charge in [-0.1, -0.05) is 42.5 Å². The van der Waals surface area contributed by atoms with E-state index in [4.69, 9.17) is 0 Å². The van der Waals surface area contributed by atoms with Crippen LogP contribution in [0.2, 0.25) is 0 Å². The van der Waals surface area contributed by atoms with Gasteiger partial charge in [0.25, 0.3) is 0 Å². The van der Waals surface area contributed by atoms with Gasteiger partial charge in [-0.25, -0.2) is 4.68 Å². The predicted molar refractivity (Wildman–Crippen MR) is 90.0 cm³/mol. The fourth-order valence-corrected chi connectivity index (χ4v) is 2.48. The van der Waals surface area contributed by atoms with E-state index >= 15 is 0 Å². The second kappa shape index (κ2) is 7.57. The lowest BCUT2D eigenvalue weighted by molar-refractivity contribution is 0.649. The van der Waals surface area contributed by atoms with Crippen LogP contribution in [0.15, 0.2) is 73.1 Å². The lowest BCUT2D eigenvalue weighted by atomic mass is 10.1. The number of nitrogens with one attached hydrogen (secondary N) is 1. The van der Waals surface area contributed by atoms with Crippen molar-refractivity contribution in [1.29, 1.82) is 0 Å². The van der Waals surface area contributed by atoms with Crippen LogP contribution in [-0.2, 0) is 13.0 Å². The quantitative estimate of drug-likeness (QED) is 0.674. The summed E-state index contributed by atoms with van der Waals surface area (Å²) >= 11 is 0. The molecule has 0 radical (unpaired) electrons. The molecular formula is C19H21N3. The normalized spacial score (nSPS) is 10.7. The molecule has 0 saturated carbocycles. The van der Waals surface area contributed by atoms with Crippen LogP contribution >= 0.6 is 0 Å². The van der Waals surface area contributed by atoms with Gasteiger partial charge in [-0.3, -0.25) is 0 Å². The Bertz CT molecular complexity index is 658. The Morgan fingerprint density at radius 2 is 1.68 bits per heavy atom. The highest BCUT2D eigenvalue weighted by atomic mass is 15.3. The standard InChI is InChI=1S/C19H21N3/c1-2-6-17(7-3-1)8-4-13-20-16-18-9-11-19(12-10-18)22-15-5-14-21-22/h1-3,5-7,9-12,14-15,20H,4,8,13,16H2. The number of aryl methyl sites for hydroxylation is 1.